The zero-order valence-electron chi connectivity index (χ0n) is 16.0. The van der Waals surface area contributed by atoms with E-state index in [0.717, 1.165) is 11.1 Å². The van der Waals surface area contributed by atoms with E-state index in [4.69, 9.17) is 5.73 Å². The molecule has 0 spiro atoms. The summed E-state index contributed by atoms with van der Waals surface area (Å²) >= 11 is 0. The van der Waals surface area contributed by atoms with E-state index in [1.807, 2.05) is 48.5 Å². The maximum atomic E-state index is 15.6. The fourth-order valence-electron chi connectivity index (χ4n) is 3.97. The molecular weight excluding hydrogens is 377 g/mol. The largest absolute Gasteiger partial charge is 0.382 e. The Kier molecular flexibility index (Phi) is 4.29. The lowest BCUT2D eigenvalue weighted by Gasteiger charge is -2.11. The van der Waals surface area contributed by atoms with Crippen LogP contribution in [0.15, 0.2) is 78.9 Å². The van der Waals surface area contributed by atoms with E-state index in [0.29, 0.717) is 38.7 Å². The van der Waals surface area contributed by atoms with E-state index in [-0.39, 0.29) is 18.0 Å². The van der Waals surface area contributed by atoms with Gasteiger partial charge in [0, 0.05) is 22.9 Å². The quantitative estimate of drug-likeness (QED) is 0.393. The Balaban J connectivity index is 1.64. The van der Waals surface area contributed by atoms with Crippen LogP contribution in [-0.4, -0.2) is 16.0 Å². The van der Waals surface area contributed by atoms with Crippen molar-refractivity contribution in [2.24, 2.45) is 0 Å². The number of halogens is 1. The summed E-state index contributed by atoms with van der Waals surface area (Å²) in [6.45, 7) is 0. The van der Waals surface area contributed by atoms with Crippen molar-refractivity contribution >= 4 is 33.3 Å². The number of Topliss-reactive ketones (excluding diaryl/α,β-unsaturated/α-hetero) is 1. The summed E-state index contributed by atoms with van der Waals surface area (Å²) in [7, 11) is 0. The van der Waals surface area contributed by atoms with Crippen LogP contribution in [0.4, 0.5) is 10.2 Å². The fourth-order valence-corrected chi connectivity index (χ4v) is 3.97. The number of ketones is 1. The zero-order chi connectivity index (χ0) is 20.7. The molecule has 1 heterocycles. The molecule has 0 saturated carbocycles. The van der Waals surface area contributed by atoms with Gasteiger partial charge in [-0.3, -0.25) is 9.89 Å². The molecule has 5 heteroatoms. The number of nitrogens with zero attached hydrogens (tertiary/aromatic N) is 1. The van der Waals surface area contributed by atoms with Gasteiger partial charge in [-0.1, -0.05) is 72.8 Å². The molecule has 0 atom stereocenters. The summed E-state index contributed by atoms with van der Waals surface area (Å²) in [6, 6.07) is 23.7. The van der Waals surface area contributed by atoms with Gasteiger partial charge in [0.25, 0.3) is 0 Å². The van der Waals surface area contributed by atoms with Gasteiger partial charge in [0.2, 0.25) is 0 Å². The van der Waals surface area contributed by atoms with Crippen LogP contribution in [0.1, 0.15) is 15.9 Å². The highest BCUT2D eigenvalue weighted by Gasteiger charge is 2.18. The molecule has 0 fully saturated rings. The minimum absolute atomic E-state index is 0.0415. The Morgan fingerprint density at radius 2 is 1.67 bits per heavy atom. The predicted octanol–water partition coefficient (Wildman–Crippen LogP) is 5.53. The number of hydrogen-bond donors (Lipinski definition) is 2. The predicted molar refractivity (Wildman–Crippen MR) is 118 cm³/mol. The van der Waals surface area contributed by atoms with Crippen LogP contribution in [0.25, 0.3) is 32.8 Å². The zero-order valence-corrected chi connectivity index (χ0v) is 16.0. The van der Waals surface area contributed by atoms with Crippen molar-refractivity contribution in [3.8, 4) is 11.1 Å². The molecule has 0 bridgehead atoms. The van der Waals surface area contributed by atoms with Crippen LogP contribution in [0.2, 0.25) is 0 Å². The molecule has 0 radical (unpaired) electrons. The third-order valence-electron chi connectivity index (χ3n) is 5.41. The molecule has 0 amide bonds. The van der Waals surface area contributed by atoms with E-state index >= 15 is 4.39 Å². The number of benzene rings is 4. The van der Waals surface area contributed by atoms with E-state index in [2.05, 4.69) is 10.2 Å². The highest BCUT2D eigenvalue weighted by molar-refractivity contribution is 6.10. The Morgan fingerprint density at radius 1 is 0.867 bits per heavy atom. The van der Waals surface area contributed by atoms with Crippen LogP contribution in [0.3, 0.4) is 0 Å². The van der Waals surface area contributed by atoms with Gasteiger partial charge in [0.15, 0.2) is 11.6 Å². The average molecular weight is 395 g/mol. The molecular formula is C25H18FN3O. The van der Waals surface area contributed by atoms with Crippen molar-refractivity contribution < 1.29 is 9.18 Å². The van der Waals surface area contributed by atoms with Crippen LogP contribution in [-0.2, 0) is 6.42 Å². The Morgan fingerprint density at radius 3 is 2.50 bits per heavy atom. The molecule has 146 valence electrons. The highest BCUT2D eigenvalue weighted by atomic mass is 19.1. The van der Waals surface area contributed by atoms with Crippen LogP contribution >= 0.6 is 0 Å². The summed E-state index contributed by atoms with van der Waals surface area (Å²) in [5.74, 6) is -0.0954. The van der Waals surface area contributed by atoms with E-state index in [9.17, 15) is 4.79 Å². The van der Waals surface area contributed by atoms with Gasteiger partial charge in [0.05, 0.1) is 10.9 Å². The van der Waals surface area contributed by atoms with Gasteiger partial charge < -0.3 is 5.73 Å². The molecule has 30 heavy (non-hydrogen) atoms. The minimum Gasteiger partial charge on any atom is -0.382 e. The number of rotatable bonds is 4. The summed E-state index contributed by atoms with van der Waals surface area (Å²) < 4.78 is 15.6. The van der Waals surface area contributed by atoms with Crippen molar-refractivity contribution in [1.29, 1.82) is 0 Å². The Bertz CT molecular complexity index is 1410. The van der Waals surface area contributed by atoms with Gasteiger partial charge >= 0.3 is 0 Å². The van der Waals surface area contributed by atoms with Crippen LogP contribution < -0.4 is 5.73 Å². The number of aromatic amines is 1. The molecule has 1 aromatic heterocycles. The number of nitrogens with two attached hydrogens (primary N) is 1. The number of nitrogens with one attached hydrogen (secondary N) is 1. The number of anilines is 1. The number of H-pyrrole nitrogens is 1. The van der Waals surface area contributed by atoms with E-state index in [1.54, 1.807) is 30.3 Å². The number of hydrogen-bond acceptors (Lipinski definition) is 3. The van der Waals surface area contributed by atoms with Gasteiger partial charge in [-0.05, 0) is 22.6 Å². The second-order valence-corrected chi connectivity index (χ2v) is 7.25. The average Bonchev–Trinajstić information content (AvgIpc) is 3.16. The maximum Gasteiger partial charge on any atom is 0.167 e. The van der Waals surface area contributed by atoms with E-state index < -0.39 is 0 Å². The number of aromatic nitrogens is 2. The lowest BCUT2D eigenvalue weighted by atomic mass is 9.93. The monoisotopic (exact) mass is 395 g/mol. The first-order valence-electron chi connectivity index (χ1n) is 9.65. The second-order valence-electron chi connectivity index (χ2n) is 7.25. The summed E-state index contributed by atoms with van der Waals surface area (Å²) in [6.07, 6.45) is 0.272. The number of carbonyl (C=O) groups is 1. The molecule has 0 aliphatic carbocycles. The van der Waals surface area contributed by atoms with Gasteiger partial charge in [0.1, 0.15) is 5.82 Å². The summed E-state index contributed by atoms with van der Waals surface area (Å²) in [5.41, 5.74) is 9.29. The SMILES string of the molecule is Nc1n[nH]c2cccc(-c3ccc4c(C(=O)Cc5ccccc5)cccc4c3F)c12. The molecule has 4 nitrogen and oxygen atoms in total. The number of fused-ring (bicyclic) bond motifs is 2. The molecule has 4 aromatic carbocycles. The first-order chi connectivity index (χ1) is 14.6. The van der Waals surface area contributed by atoms with Crippen molar-refractivity contribution in [2.75, 3.05) is 5.73 Å². The lowest BCUT2D eigenvalue weighted by molar-refractivity contribution is 0.0994. The fraction of sp³-hybridized carbons (Fsp3) is 0.0400. The smallest absolute Gasteiger partial charge is 0.167 e. The third kappa shape index (κ3) is 2.92. The normalized spacial score (nSPS) is 11.2. The summed E-state index contributed by atoms with van der Waals surface area (Å²) in [5, 5.41) is 8.60. The van der Waals surface area contributed by atoms with Crippen LogP contribution in [0.5, 0.6) is 0 Å². The Labute approximate surface area is 172 Å². The standard InChI is InChI=1S/C25H18FN3O/c26-24-19-10-4-8-17(22(30)14-15-6-2-1-3-7-15)16(19)12-13-20(24)18-9-5-11-21-23(18)25(27)29-28-21/h1-13H,14H2,(H3,27,28,29). The van der Waals surface area contributed by atoms with Crippen molar-refractivity contribution in [3.05, 3.63) is 95.8 Å². The lowest BCUT2D eigenvalue weighted by Crippen LogP contribution is -2.04. The topological polar surface area (TPSA) is 71.8 Å². The molecule has 0 saturated heterocycles. The third-order valence-corrected chi connectivity index (χ3v) is 5.41. The first kappa shape index (κ1) is 18.1. The molecule has 5 aromatic rings. The molecule has 0 aliphatic rings. The summed E-state index contributed by atoms with van der Waals surface area (Å²) in [4.78, 5) is 12.9. The first-order valence-corrected chi connectivity index (χ1v) is 9.65. The highest BCUT2D eigenvalue weighted by Crippen LogP contribution is 2.36. The molecule has 0 unspecified atom stereocenters. The van der Waals surface area contributed by atoms with Crippen molar-refractivity contribution in [1.82, 2.24) is 10.2 Å². The number of nitrogen functional groups attached to an aromatic ring is 1. The molecule has 3 N–H and O–H groups in total. The van der Waals surface area contributed by atoms with Crippen LogP contribution in [0, 0.1) is 5.82 Å². The molecule has 0 aliphatic heterocycles. The van der Waals surface area contributed by atoms with Gasteiger partial charge in [-0.25, -0.2) is 4.39 Å². The van der Waals surface area contributed by atoms with Crippen molar-refractivity contribution in [3.63, 3.8) is 0 Å². The van der Waals surface area contributed by atoms with E-state index in [1.165, 1.54) is 0 Å². The van der Waals surface area contributed by atoms with Gasteiger partial charge in [-0.15, -0.1) is 0 Å². The Hall–Kier alpha value is -3.99. The molecule has 5 rings (SSSR count). The van der Waals surface area contributed by atoms with Gasteiger partial charge in [-0.2, -0.15) is 5.10 Å². The maximum absolute atomic E-state index is 15.6. The number of carbonyl (C=O) groups excluding carboxylic acids is 1. The van der Waals surface area contributed by atoms with Crippen molar-refractivity contribution in [2.45, 2.75) is 6.42 Å². The minimum atomic E-state index is -0.380. The second kappa shape index (κ2) is 7.12.